The number of rotatable bonds is 3. The number of piperazine rings is 1. The number of anilines is 4. The van der Waals surface area contributed by atoms with Crippen molar-refractivity contribution in [2.45, 2.75) is 6.04 Å². The Balaban J connectivity index is 1.24. The second kappa shape index (κ2) is 11.2. The van der Waals surface area contributed by atoms with Gasteiger partial charge in [0.05, 0.1) is 29.3 Å². The van der Waals surface area contributed by atoms with Crippen molar-refractivity contribution in [3.05, 3.63) is 126 Å². The average Bonchev–Trinajstić information content (AvgIpc) is 3.55. The maximum Gasteiger partial charge on any atom is 0.329 e. The lowest BCUT2D eigenvalue weighted by atomic mass is 10.1. The Morgan fingerprint density at radius 2 is 1.28 bits per heavy atom. The molecule has 10 heteroatoms. The molecule has 5 aromatic rings. The molecule has 4 amide bonds. The highest BCUT2D eigenvalue weighted by Crippen LogP contribution is 2.39. The van der Waals surface area contributed by atoms with E-state index in [2.05, 4.69) is 20.6 Å². The van der Waals surface area contributed by atoms with Crippen molar-refractivity contribution in [2.75, 3.05) is 29.4 Å². The third-order valence-electron chi connectivity index (χ3n) is 7.78. The minimum Gasteiger partial charge on any atom is -0.320 e. The van der Waals surface area contributed by atoms with Crippen LogP contribution < -0.4 is 9.80 Å². The van der Waals surface area contributed by atoms with Crippen molar-refractivity contribution in [3.63, 3.8) is 0 Å². The van der Waals surface area contributed by atoms with Crippen LogP contribution in [-0.4, -0.2) is 62.1 Å². The molecule has 1 atom stereocenters. The van der Waals surface area contributed by atoms with Crippen molar-refractivity contribution in [1.29, 1.82) is 0 Å². The van der Waals surface area contributed by atoms with E-state index >= 15 is 0 Å². The van der Waals surface area contributed by atoms with Gasteiger partial charge in [0.1, 0.15) is 6.04 Å². The van der Waals surface area contributed by atoms with Gasteiger partial charge in [-0.25, -0.2) is 14.7 Å². The Hall–Kier alpha value is -5.77. The monoisotopic (exact) mass is 568 g/mol. The van der Waals surface area contributed by atoms with E-state index in [4.69, 9.17) is 0 Å². The first-order valence-corrected chi connectivity index (χ1v) is 14.1. The van der Waals surface area contributed by atoms with E-state index in [1.807, 2.05) is 121 Å². The number of amides is 4. The number of hydrogen-bond donors (Lipinski definition) is 1. The number of fused-ring (bicyclic) bond motifs is 2. The van der Waals surface area contributed by atoms with Crippen LogP contribution in [0.4, 0.5) is 32.3 Å². The number of benzene rings is 4. The van der Waals surface area contributed by atoms with Crippen LogP contribution in [0.1, 0.15) is 23.0 Å². The number of aromatic amines is 1. The van der Waals surface area contributed by atoms with Gasteiger partial charge in [0.15, 0.2) is 5.82 Å². The van der Waals surface area contributed by atoms with E-state index in [1.54, 1.807) is 19.6 Å². The van der Waals surface area contributed by atoms with E-state index in [0.29, 0.717) is 12.4 Å². The quantitative estimate of drug-likeness (QED) is 0.277. The summed E-state index contributed by atoms with van der Waals surface area (Å²) < 4.78 is 0. The molecule has 4 aromatic carbocycles. The predicted molar refractivity (Wildman–Crippen MR) is 165 cm³/mol. The lowest BCUT2D eigenvalue weighted by Crippen LogP contribution is -2.57. The molecular formula is C33H28N8O2. The van der Waals surface area contributed by atoms with Crippen molar-refractivity contribution in [3.8, 4) is 0 Å². The van der Waals surface area contributed by atoms with E-state index < -0.39 is 6.04 Å². The minimum absolute atomic E-state index is 0.198. The van der Waals surface area contributed by atoms with Gasteiger partial charge >= 0.3 is 12.1 Å². The molecule has 212 valence electrons. The Labute approximate surface area is 248 Å². The summed E-state index contributed by atoms with van der Waals surface area (Å²) >= 11 is 0. The SMILES string of the molecule is O=C(N1CCN(C(=O)N2c3ccccc3C=Cc3ccccc32)[C@H](c2nnn[nH]2)C1)N(c1ccccc1)c1ccccc1. The first kappa shape index (κ1) is 26.1. The molecule has 10 nitrogen and oxygen atoms in total. The van der Waals surface area contributed by atoms with Crippen LogP contribution in [0.3, 0.4) is 0 Å². The maximum absolute atomic E-state index is 14.6. The van der Waals surface area contributed by atoms with Crippen molar-refractivity contribution < 1.29 is 9.59 Å². The highest BCUT2D eigenvalue weighted by Gasteiger charge is 2.40. The van der Waals surface area contributed by atoms with Gasteiger partial charge in [-0.2, -0.15) is 0 Å². The van der Waals surface area contributed by atoms with Crippen LogP contribution in [0.15, 0.2) is 109 Å². The van der Waals surface area contributed by atoms with Gasteiger partial charge in [0.2, 0.25) is 0 Å². The summed E-state index contributed by atoms with van der Waals surface area (Å²) in [4.78, 5) is 35.8. The van der Waals surface area contributed by atoms with E-state index in [-0.39, 0.29) is 25.2 Å². The molecule has 43 heavy (non-hydrogen) atoms. The van der Waals surface area contributed by atoms with Gasteiger partial charge in [-0.05, 0) is 58.0 Å². The van der Waals surface area contributed by atoms with Crippen molar-refractivity contribution >= 4 is 47.0 Å². The molecule has 0 spiro atoms. The molecule has 1 aromatic heterocycles. The minimum atomic E-state index is -0.607. The van der Waals surface area contributed by atoms with Crippen LogP contribution in [0, 0.1) is 0 Å². The topological polar surface area (TPSA) is 102 Å². The number of hydrogen-bond acceptors (Lipinski definition) is 5. The summed E-state index contributed by atoms with van der Waals surface area (Å²) in [5.41, 5.74) is 4.92. The van der Waals surface area contributed by atoms with Crippen LogP contribution >= 0.6 is 0 Å². The number of nitrogens with zero attached hydrogens (tertiary/aromatic N) is 7. The molecule has 1 N–H and O–H groups in total. The maximum atomic E-state index is 14.6. The second-order valence-corrected chi connectivity index (χ2v) is 10.3. The van der Waals surface area contributed by atoms with Crippen LogP contribution in [0.5, 0.6) is 0 Å². The first-order chi connectivity index (χ1) is 21.2. The fourth-order valence-corrected chi connectivity index (χ4v) is 5.70. The third kappa shape index (κ3) is 4.88. The molecule has 2 aliphatic heterocycles. The number of para-hydroxylation sites is 4. The molecule has 3 heterocycles. The van der Waals surface area contributed by atoms with Crippen LogP contribution in [0.2, 0.25) is 0 Å². The number of urea groups is 2. The molecular weight excluding hydrogens is 540 g/mol. The van der Waals surface area contributed by atoms with Gasteiger partial charge in [-0.15, -0.1) is 5.10 Å². The summed E-state index contributed by atoms with van der Waals surface area (Å²) in [5, 5.41) is 14.6. The molecule has 0 saturated carbocycles. The molecule has 2 aliphatic rings. The van der Waals surface area contributed by atoms with Crippen LogP contribution in [-0.2, 0) is 0 Å². The van der Waals surface area contributed by atoms with Gasteiger partial charge in [0.25, 0.3) is 0 Å². The predicted octanol–water partition coefficient (Wildman–Crippen LogP) is 6.26. The average molecular weight is 569 g/mol. The zero-order valence-corrected chi connectivity index (χ0v) is 23.2. The standard InChI is InChI=1S/C33H28N8O2/c42-32(40(26-13-3-1-4-14-26)27-15-5-2-6-16-27)38-21-22-39(30(23-38)31-34-36-37-35-31)33(43)41-28-17-9-7-11-24(28)19-20-25-12-8-10-18-29(25)41/h1-20,30H,21-23H2,(H,34,35,36,37)/t30-/m0/s1. The molecule has 0 aliphatic carbocycles. The Morgan fingerprint density at radius 1 is 0.721 bits per heavy atom. The summed E-state index contributed by atoms with van der Waals surface area (Å²) in [7, 11) is 0. The lowest BCUT2D eigenvalue weighted by Gasteiger charge is -2.43. The van der Waals surface area contributed by atoms with E-state index in [1.165, 1.54) is 0 Å². The lowest BCUT2D eigenvalue weighted by molar-refractivity contribution is 0.109. The number of aromatic nitrogens is 4. The molecule has 0 bridgehead atoms. The number of tetrazole rings is 1. The molecule has 1 saturated heterocycles. The number of H-pyrrole nitrogens is 1. The van der Waals surface area contributed by atoms with E-state index in [9.17, 15) is 9.59 Å². The fraction of sp³-hybridized carbons (Fsp3) is 0.121. The molecule has 1 fully saturated rings. The number of nitrogens with one attached hydrogen (secondary N) is 1. The molecule has 0 unspecified atom stereocenters. The highest BCUT2D eigenvalue weighted by molar-refractivity contribution is 6.06. The van der Waals surface area contributed by atoms with Crippen molar-refractivity contribution in [1.82, 2.24) is 30.4 Å². The second-order valence-electron chi connectivity index (χ2n) is 10.3. The molecule has 7 rings (SSSR count). The summed E-state index contributed by atoms with van der Waals surface area (Å²) in [6, 6.07) is 33.7. The molecule has 0 radical (unpaired) electrons. The van der Waals surface area contributed by atoms with Crippen LogP contribution in [0.25, 0.3) is 12.2 Å². The van der Waals surface area contributed by atoms with Gasteiger partial charge in [0, 0.05) is 13.1 Å². The number of carbonyl (C=O) groups is 2. The summed E-state index contributed by atoms with van der Waals surface area (Å²) in [6.07, 6.45) is 4.05. The summed E-state index contributed by atoms with van der Waals surface area (Å²) in [6.45, 7) is 0.808. The van der Waals surface area contributed by atoms with E-state index in [0.717, 1.165) is 33.9 Å². The van der Waals surface area contributed by atoms with Gasteiger partial charge in [-0.1, -0.05) is 84.9 Å². The van der Waals surface area contributed by atoms with Gasteiger partial charge < -0.3 is 9.80 Å². The zero-order valence-electron chi connectivity index (χ0n) is 23.2. The largest absolute Gasteiger partial charge is 0.329 e. The first-order valence-electron chi connectivity index (χ1n) is 14.1. The Kier molecular flexibility index (Phi) is 6.84. The number of carbonyl (C=O) groups excluding carboxylic acids is 2. The Morgan fingerprint density at radius 3 is 1.84 bits per heavy atom. The highest BCUT2D eigenvalue weighted by atomic mass is 16.2. The summed E-state index contributed by atoms with van der Waals surface area (Å²) in [5.74, 6) is 0.409. The zero-order chi connectivity index (χ0) is 29.2. The third-order valence-corrected chi connectivity index (χ3v) is 7.78. The smallest absolute Gasteiger partial charge is 0.320 e. The normalized spacial score (nSPS) is 15.8. The van der Waals surface area contributed by atoms with Gasteiger partial charge in [-0.3, -0.25) is 9.80 Å². The fourth-order valence-electron chi connectivity index (χ4n) is 5.70. The van der Waals surface area contributed by atoms with Crippen molar-refractivity contribution in [2.24, 2.45) is 0 Å². The Bertz CT molecular complexity index is 1690.